The van der Waals surface area contributed by atoms with Crippen LogP contribution >= 0.6 is 11.3 Å². The molecule has 3 aromatic rings. The van der Waals surface area contributed by atoms with Gasteiger partial charge in [0.05, 0.1) is 11.7 Å². The highest BCUT2D eigenvalue weighted by Gasteiger charge is 2.17. The van der Waals surface area contributed by atoms with E-state index in [2.05, 4.69) is 4.98 Å². The number of hydrogen-bond acceptors (Lipinski definition) is 4. The van der Waals surface area contributed by atoms with Crippen molar-refractivity contribution in [1.29, 1.82) is 0 Å². The van der Waals surface area contributed by atoms with Crippen LogP contribution in [0.4, 0.5) is 5.69 Å². The number of benzene rings is 1. The van der Waals surface area contributed by atoms with Gasteiger partial charge >= 0.3 is 0 Å². The van der Waals surface area contributed by atoms with Crippen molar-refractivity contribution >= 4 is 33.1 Å². The minimum Gasteiger partial charge on any atom is -0.311 e. The molecule has 0 atom stereocenters. The van der Waals surface area contributed by atoms with Crippen molar-refractivity contribution < 1.29 is 4.79 Å². The monoisotopic (exact) mass is 355 g/mol. The maximum absolute atomic E-state index is 12.8. The van der Waals surface area contributed by atoms with E-state index in [4.69, 9.17) is 0 Å². The zero-order chi connectivity index (χ0) is 18.0. The van der Waals surface area contributed by atoms with Crippen LogP contribution in [0.5, 0.6) is 0 Å². The molecule has 6 heteroatoms. The number of rotatable bonds is 5. The Kier molecular flexibility index (Phi) is 4.99. The van der Waals surface area contributed by atoms with Crippen molar-refractivity contribution in [3.63, 3.8) is 0 Å². The molecule has 1 aromatic carbocycles. The lowest BCUT2D eigenvalue weighted by molar-refractivity contribution is -0.119. The van der Waals surface area contributed by atoms with Gasteiger partial charge in [0.15, 0.2) is 0 Å². The Balaban J connectivity index is 1.92. The summed E-state index contributed by atoms with van der Waals surface area (Å²) in [6, 6.07) is 9.64. The second kappa shape index (κ2) is 7.19. The van der Waals surface area contributed by atoms with E-state index in [-0.39, 0.29) is 18.0 Å². The van der Waals surface area contributed by atoms with Crippen molar-refractivity contribution in [2.75, 3.05) is 11.4 Å². The van der Waals surface area contributed by atoms with Crippen molar-refractivity contribution in [1.82, 2.24) is 9.55 Å². The molecule has 0 saturated heterocycles. The summed E-state index contributed by atoms with van der Waals surface area (Å²) in [5, 5.41) is 0.594. The number of anilines is 1. The molecule has 0 spiro atoms. The third-order valence-electron chi connectivity index (χ3n) is 4.25. The summed E-state index contributed by atoms with van der Waals surface area (Å²) in [7, 11) is 0. The van der Waals surface area contributed by atoms with Crippen LogP contribution < -0.4 is 10.5 Å². The first-order valence-electron chi connectivity index (χ1n) is 8.39. The third kappa shape index (κ3) is 3.35. The second-order valence-corrected chi connectivity index (χ2v) is 7.00. The lowest BCUT2D eigenvalue weighted by Gasteiger charge is -2.23. The van der Waals surface area contributed by atoms with E-state index in [1.54, 1.807) is 4.90 Å². The number of nitrogens with zero attached hydrogens (tertiary/aromatic N) is 3. The molecule has 25 heavy (non-hydrogen) atoms. The van der Waals surface area contributed by atoms with Crippen molar-refractivity contribution in [2.24, 2.45) is 0 Å². The zero-order valence-corrected chi connectivity index (χ0v) is 15.5. The Morgan fingerprint density at radius 2 is 2.04 bits per heavy atom. The van der Waals surface area contributed by atoms with Crippen molar-refractivity contribution in [2.45, 2.75) is 33.7 Å². The Morgan fingerprint density at radius 1 is 1.28 bits per heavy atom. The lowest BCUT2D eigenvalue weighted by atomic mass is 10.2. The van der Waals surface area contributed by atoms with Crippen LogP contribution in [0, 0.1) is 6.92 Å². The molecule has 1 amide bonds. The quantitative estimate of drug-likeness (QED) is 0.705. The maximum atomic E-state index is 12.8. The molecule has 0 N–H and O–H groups in total. The third-order valence-corrected chi connectivity index (χ3v) is 5.43. The number of fused-ring (bicyclic) bond motifs is 1. The first-order chi connectivity index (χ1) is 12.0. The lowest BCUT2D eigenvalue weighted by Crippen LogP contribution is -2.36. The summed E-state index contributed by atoms with van der Waals surface area (Å²) in [5.41, 5.74) is 1.75. The first-order valence-corrected chi connectivity index (χ1v) is 9.20. The van der Waals surface area contributed by atoms with Gasteiger partial charge in [-0.2, -0.15) is 0 Å². The molecule has 0 radical (unpaired) electrons. The number of thiophene rings is 1. The molecule has 0 aliphatic heterocycles. The van der Waals surface area contributed by atoms with Crippen LogP contribution in [0.3, 0.4) is 0 Å². The number of para-hydroxylation sites is 1. The van der Waals surface area contributed by atoms with E-state index >= 15 is 0 Å². The molecular formula is C19H21N3O2S. The number of aromatic nitrogens is 2. The Bertz CT molecular complexity index is 974. The molecule has 5 nitrogen and oxygen atoms in total. The molecule has 2 heterocycles. The van der Waals surface area contributed by atoms with Crippen molar-refractivity contribution in [3.8, 4) is 0 Å². The topological polar surface area (TPSA) is 55.2 Å². The van der Waals surface area contributed by atoms with Crippen LogP contribution in [0.25, 0.3) is 10.2 Å². The summed E-state index contributed by atoms with van der Waals surface area (Å²) >= 11 is 1.53. The predicted molar refractivity (Wildman–Crippen MR) is 102 cm³/mol. The number of carbonyl (C=O) groups is 1. The molecule has 0 fully saturated rings. The Hall–Kier alpha value is -2.47. The largest absolute Gasteiger partial charge is 0.311 e. The SMILES string of the molecule is CCc1cc2c(=O)n(CC(=O)N(CC)c3ccccc3C)cnc2s1. The smallest absolute Gasteiger partial charge is 0.262 e. The van der Waals surface area contributed by atoms with Crippen LogP contribution in [0.2, 0.25) is 0 Å². The highest BCUT2D eigenvalue weighted by molar-refractivity contribution is 7.18. The van der Waals surface area contributed by atoms with Crippen LogP contribution in [-0.2, 0) is 17.8 Å². The number of carbonyl (C=O) groups excluding carboxylic acids is 1. The van der Waals surface area contributed by atoms with E-state index in [1.807, 2.05) is 51.1 Å². The highest BCUT2D eigenvalue weighted by atomic mass is 32.1. The van der Waals surface area contributed by atoms with E-state index in [9.17, 15) is 9.59 Å². The van der Waals surface area contributed by atoms with Gasteiger partial charge in [0.2, 0.25) is 5.91 Å². The van der Waals surface area contributed by atoms with Gasteiger partial charge in [0.25, 0.3) is 5.56 Å². The second-order valence-electron chi connectivity index (χ2n) is 5.89. The molecule has 3 rings (SSSR count). The number of amides is 1. The van der Waals surface area contributed by atoms with Crippen LogP contribution in [0.15, 0.2) is 41.5 Å². The Labute approximate surface area is 150 Å². The van der Waals surface area contributed by atoms with E-state index < -0.39 is 0 Å². The maximum Gasteiger partial charge on any atom is 0.262 e. The van der Waals surface area contributed by atoms with Gasteiger partial charge in [-0.1, -0.05) is 25.1 Å². The summed E-state index contributed by atoms with van der Waals surface area (Å²) in [4.78, 5) is 33.4. The molecule has 130 valence electrons. The van der Waals surface area contributed by atoms with E-state index in [0.29, 0.717) is 11.9 Å². The summed E-state index contributed by atoms with van der Waals surface area (Å²) in [6.45, 7) is 6.49. The molecule has 0 saturated carbocycles. The standard InChI is InChI=1S/C19H21N3O2S/c1-4-14-10-15-18(25-14)20-12-21(19(15)24)11-17(23)22(5-2)16-9-7-6-8-13(16)3/h6-10,12H,4-5,11H2,1-3H3. The molecular weight excluding hydrogens is 334 g/mol. The number of hydrogen-bond donors (Lipinski definition) is 0. The van der Waals surface area contributed by atoms with Gasteiger partial charge in [-0.3, -0.25) is 14.2 Å². The molecule has 0 aliphatic carbocycles. The molecule has 2 aromatic heterocycles. The predicted octanol–water partition coefficient (Wildman–Crippen LogP) is 3.38. The Morgan fingerprint density at radius 3 is 2.72 bits per heavy atom. The fourth-order valence-electron chi connectivity index (χ4n) is 2.87. The van der Waals surface area contributed by atoms with Crippen LogP contribution in [0.1, 0.15) is 24.3 Å². The molecule has 0 unspecified atom stereocenters. The summed E-state index contributed by atoms with van der Waals surface area (Å²) in [5.74, 6) is -0.119. The first kappa shape index (κ1) is 17.4. The van der Waals surface area contributed by atoms with Crippen molar-refractivity contribution in [3.05, 3.63) is 57.5 Å². The number of likely N-dealkylation sites (N-methyl/N-ethyl adjacent to an activating group) is 1. The van der Waals surface area contributed by atoms with E-state index in [1.165, 1.54) is 22.2 Å². The number of aryl methyl sites for hydroxylation is 2. The van der Waals surface area contributed by atoms with Gasteiger partial charge in [-0.05, 0) is 38.0 Å². The summed E-state index contributed by atoms with van der Waals surface area (Å²) < 4.78 is 1.40. The minimum absolute atomic E-state index is 0.0126. The zero-order valence-electron chi connectivity index (χ0n) is 14.7. The molecule has 0 aliphatic rings. The van der Waals surface area contributed by atoms with Gasteiger partial charge in [0, 0.05) is 17.1 Å². The van der Waals surface area contributed by atoms with Gasteiger partial charge in [-0.15, -0.1) is 11.3 Å². The normalized spacial score (nSPS) is 11.0. The minimum atomic E-state index is -0.157. The fourth-order valence-corrected chi connectivity index (χ4v) is 3.80. The van der Waals surface area contributed by atoms with Crippen LogP contribution in [-0.4, -0.2) is 22.0 Å². The highest BCUT2D eigenvalue weighted by Crippen LogP contribution is 2.22. The van der Waals surface area contributed by atoms with E-state index in [0.717, 1.165) is 27.4 Å². The van der Waals surface area contributed by atoms with Gasteiger partial charge in [-0.25, -0.2) is 4.98 Å². The average Bonchev–Trinajstić information content (AvgIpc) is 3.04. The van der Waals surface area contributed by atoms with Gasteiger partial charge < -0.3 is 4.90 Å². The molecule has 0 bridgehead atoms. The summed E-state index contributed by atoms with van der Waals surface area (Å²) in [6.07, 6.45) is 2.35. The van der Waals surface area contributed by atoms with Gasteiger partial charge in [0.1, 0.15) is 11.4 Å². The fraction of sp³-hybridized carbons (Fsp3) is 0.316. The average molecular weight is 355 g/mol.